The minimum atomic E-state index is -2.50. The van der Waals surface area contributed by atoms with Crippen molar-refractivity contribution >= 4 is 12.0 Å². The zero-order valence-electron chi connectivity index (χ0n) is 12.2. The number of aliphatic carboxylic acids is 1. The van der Waals surface area contributed by atoms with E-state index in [1.807, 2.05) is 6.92 Å². The zero-order valence-corrected chi connectivity index (χ0v) is 12.2. The second-order valence-electron chi connectivity index (χ2n) is 4.64. The lowest BCUT2D eigenvalue weighted by Gasteiger charge is -2.14. The molecule has 6 nitrogen and oxygen atoms in total. The number of alkyl halides is 2. The normalized spacial score (nSPS) is 12.2. The molecule has 0 spiro atoms. The molecule has 0 saturated heterocycles. The van der Waals surface area contributed by atoms with E-state index < -0.39 is 19.0 Å². The fraction of sp³-hybridized carbons (Fsp3) is 0.846. The summed E-state index contributed by atoms with van der Waals surface area (Å²) in [5.74, 6) is -0.557. The number of rotatable bonds is 12. The summed E-state index contributed by atoms with van der Waals surface area (Å²) in [6, 6.07) is -0.385. The average molecular weight is 310 g/mol. The topological polar surface area (TPSA) is 87.7 Å². The van der Waals surface area contributed by atoms with Gasteiger partial charge in [-0.15, -0.1) is 0 Å². The Morgan fingerprint density at radius 3 is 2.43 bits per heavy atom. The van der Waals surface area contributed by atoms with Crippen molar-refractivity contribution in [3.63, 3.8) is 0 Å². The largest absolute Gasteiger partial charge is 0.481 e. The van der Waals surface area contributed by atoms with Crippen molar-refractivity contribution in [3.8, 4) is 0 Å². The quantitative estimate of drug-likeness (QED) is 0.480. The van der Waals surface area contributed by atoms with E-state index in [2.05, 4.69) is 15.4 Å². The third-order valence-electron chi connectivity index (χ3n) is 2.96. The van der Waals surface area contributed by atoms with Gasteiger partial charge in [-0.2, -0.15) is 0 Å². The monoisotopic (exact) mass is 310 g/mol. The molecule has 124 valence electrons. The Balaban J connectivity index is 3.56. The summed E-state index contributed by atoms with van der Waals surface area (Å²) in [5, 5.41) is 13.7. The van der Waals surface area contributed by atoms with Crippen LogP contribution in [0.2, 0.25) is 0 Å². The highest BCUT2D eigenvalue weighted by atomic mass is 19.3. The van der Waals surface area contributed by atoms with Crippen LogP contribution in [0.15, 0.2) is 0 Å². The molecule has 0 heterocycles. The molecular formula is C13H24F2N2O4. The van der Waals surface area contributed by atoms with Gasteiger partial charge in [0.25, 0.3) is 6.43 Å². The van der Waals surface area contributed by atoms with Gasteiger partial charge in [0.15, 0.2) is 0 Å². The molecule has 0 aromatic rings. The van der Waals surface area contributed by atoms with E-state index in [1.54, 1.807) is 0 Å². The SMILES string of the molecule is CCC(CCNC(=O)NCCOCC(F)F)CCC(=O)O. The highest BCUT2D eigenvalue weighted by Gasteiger charge is 2.09. The number of carbonyl (C=O) groups excluding carboxylic acids is 1. The first kappa shape index (κ1) is 19.6. The van der Waals surface area contributed by atoms with Gasteiger partial charge < -0.3 is 20.5 Å². The van der Waals surface area contributed by atoms with Crippen LogP contribution < -0.4 is 10.6 Å². The lowest BCUT2D eigenvalue weighted by Crippen LogP contribution is -2.38. The molecule has 1 unspecified atom stereocenters. The molecule has 0 fully saturated rings. The minimum absolute atomic E-state index is 0.0357. The number of halogens is 2. The maximum Gasteiger partial charge on any atom is 0.314 e. The van der Waals surface area contributed by atoms with Gasteiger partial charge in [-0.1, -0.05) is 13.3 Å². The van der Waals surface area contributed by atoms with Crippen molar-refractivity contribution in [3.05, 3.63) is 0 Å². The molecule has 0 bridgehead atoms. The van der Waals surface area contributed by atoms with Crippen molar-refractivity contribution in [2.45, 2.75) is 39.0 Å². The van der Waals surface area contributed by atoms with Crippen LogP contribution in [0.3, 0.4) is 0 Å². The first-order chi connectivity index (χ1) is 9.95. The summed E-state index contributed by atoms with van der Waals surface area (Å²) in [4.78, 5) is 21.8. The van der Waals surface area contributed by atoms with Gasteiger partial charge in [0.2, 0.25) is 0 Å². The van der Waals surface area contributed by atoms with E-state index in [0.717, 1.165) is 6.42 Å². The zero-order chi connectivity index (χ0) is 16.1. The lowest BCUT2D eigenvalue weighted by atomic mass is 9.97. The van der Waals surface area contributed by atoms with E-state index in [1.165, 1.54) is 0 Å². The molecule has 0 aliphatic rings. The number of nitrogens with one attached hydrogen (secondary N) is 2. The summed E-state index contributed by atoms with van der Waals surface area (Å²) >= 11 is 0. The third-order valence-corrected chi connectivity index (χ3v) is 2.96. The minimum Gasteiger partial charge on any atom is -0.481 e. The first-order valence-corrected chi connectivity index (χ1v) is 7.05. The smallest absolute Gasteiger partial charge is 0.314 e. The first-order valence-electron chi connectivity index (χ1n) is 7.05. The highest BCUT2D eigenvalue weighted by molar-refractivity contribution is 5.73. The fourth-order valence-corrected chi connectivity index (χ4v) is 1.74. The third kappa shape index (κ3) is 13.3. The van der Waals surface area contributed by atoms with Crippen LogP contribution in [0.1, 0.15) is 32.6 Å². The van der Waals surface area contributed by atoms with Crippen LogP contribution in [0.5, 0.6) is 0 Å². The Morgan fingerprint density at radius 2 is 1.86 bits per heavy atom. The van der Waals surface area contributed by atoms with Crippen molar-refractivity contribution < 1.29 is 28.2 Å². The standard InChI is InChI=1S/C13H24F2N2O4/c1-2-10(3-4-12(18)19)5-6-16-13(20)17-7-8-21-9-11(14)15/h10-11H,2-9H2,1H3,(H,18,19)(H2,16,17,20). The Morgan fingerprint density at radius 1 is 1.19 bits per heavy atom. The number of hydrogen-bond acceptors (Lipinski definition) is 3. The molecule has 1 atom stereocenters. The molecule has 8 heteroatoms. The van der Waals surface area contributed by atoms with Crippen LogP contribution in [-0.4, -0.2) is 49.8 Å². The van der Waals surface area contributed by atoms with Crippen LogP contribution in [0.4, 0.5) is 13.6 Å². The molecule has 0 aromatic heterocycles. The number of urea groups is 1. The van der Waals surface area contributed by atoms with Gasteiger partial charge in [-0.25, -0.2) is 13.6 Å². The molecule has 2 amide bonds. The van der Waals surface area contributed by atoms with Gasteiger partial charge in [-0.05, 0) is 18.8 Å². The van der Waals surface area contributed by atoms with Gasteiger partial charge in [0, 0.05) is 19.5 Å². The molecular weight excluding hydrogens is 286 g/mol. The second-order valence-corrected chi connectivity index (χ2v) is 4.64. The molecule has 21 heavy (non-hydrogen) atoms. The van der Waals surface area contributed by atoms with E-state index in [0.29, 0.717) is 19.4 Å². The van der Waals surface area contributed by atoms with E-state index in [-0.39, 0.29) is 31.5 Å². The Hall–Kier alpha value is -1.44. The second kappa shape index (κ2) is 12.3. The van der Waals surface area contributed by atoms with Crippen LogP contribution in [0, 0.1) is 5.92 Å². The average Bonchev–Trinajstić information content (AvgIpc) is 2.41. The van der Waals surface area contributed by atoms with Gasteiger partial charge >= 0.3 is 12.0 Å². The predicted molar refractivity (Wildman–Crippen MR) is 73.5 cm³/mol. The lowest BCUT2D eigenvalue weighted by molar-refractivity contribution is -0.137. The van der Waals surface area contributed by atoms with Crippen molar-refractivity contribution in [2.24, 2.45) is 5.92 Å². The number of hydrogen-bond donors (Lipinski definition) is 3. The van der Waals surface area contributed by atoms with Crippen molar-refractivity contribution in [1.29, 1.82) is 0 Å². The summed E-state index contributed by atoms with van der Waals surface area (Å²) in [5.41, 5.74) is 0. The number of carboxylic acids is 1. The highest BCUT2D eigenvalue weighted by Crippen LogP contribution is 2.14. The maximum absolute atomic E-state index is 11.7. The number of carbonyl (C=O) groups is 2. The number of amides is 2. The van der Waals surface area contributed by atoms with Gasteiger partial charge in [-0.3, -0.25) is 4.79 Å². The van der Waals surface area contributed by atoms with E-state index in [4.69, 9.17) is 5.11 Å². The summed E-state index contributed by atoms with van der Waals surface area (Å²) in [6.07, 6.45) is -0.212. The Bertz CT molecular complexity index is 304. The van der Waals surface area contributed by atoms with Gasteiger partial charge in [0.1, 0.15) is 6.61 Å². The van der Waals surface area contributed by atoms with Crippen LogP contribution in [0.25, 0.3) is 0 Å². The molecule has 0 rings (SSSR count). The molecule has 0 aliphatic carbocycles. The molecule has 0 aromatic carbocycles. The molecule has 0 aliphatic heterocycles. The van der Waals surface area contributed by atoms with E-state index in [9.17, 15) is 18.4 Å². The molecule has 0 radical (unpaired) electrons. The fourth-order valence-electron chi connectivity index (χ4n) is 1.74. The number of ether oxygens (including phenoxy) is 1. The summed E-state index contributed by atoms with van der Waals surface area (Å²) in [6.45, 7) is 1.99. The van der Waals surface area contributed by atoms with E-state index >= 15 is 0 Å². The molecule has 0 saturated carbocycles. The number of carboxylic acid groups (broad SMARTS) is 1. The van der Waals surface area contributed by atoms with Crippen molar-refractivity contribution in [1.82, 2.24) is 10.6 Å². The Labute approximate surface area is 123 Å². The Kier molecular flexibility index (Phi) is 11.5. The summed E-state index contributed by atoms with van der Waals surface area (Å²) in [7, 11) is 0. The predicted octanol–water partition coefficient (Wildman–Crippen LogP) is 1.85. The maximum atomic E-state index is 11.7. The van der Waals surface area contributed by atoms with Gasteiger partial charge in [0.05, 0.1) is 6.61 Å². The summed E-state index contributed by atoms with van der Waals surface area (Å²) < 4.78 is 28.1. The van der Waals surface area contributed by atoms with Crippen molar-refractivity contribution in [2.75, 3.05) is 26.3 Å². The van der Waals surface area contributed by atoms with Crippen LogP contribution in [-0.2, 0) is 9.53 Å². The van der Waals surface area contributed by atoms with Crippen LogP contribution >= 0.6 is 0 Å². The molecule has 3 N–H and O–H groups in total.